The predicted molar refractivity (Wildman–Crippen MR) is 81.0 cm³/mol. The summed E-state index contributed by atoms with van der Waals surface area (Å²) in [5, 5.41) is 17.5. The van der Waals surface area contributed by atoms with Gasteiger partial charge in [0, 0.05) is 19.2 Å². The molecule has 2 rings (SSSR count). The molecule has 2 N–H and O–H groups in total. The quantitative estimate of drug-likeness (QED) is 0.885. The van der Waals surface area contributed by atoms with Gasteiger partial charge in [-0.3, -0.25) is 4.68 Å². The first kappa shape index (κ1) is 16.2. The van der Waals surface area contributed by atoms with Crippen LogP contribution < -0.4 is 5.32 Å². The molecule has 0 radical (unpaired) electrons. The minimum atomic E-state index is -0.509. The largest absolute Gasteiger partial charge is 0.394 e. The molecule has 21 heavy (non-hydrogen) atoms. The van der Waals surface area contributed by atoms with Gasteiger partial charge in [-0.05, 0) is 24.6 Å². The molecule has 0 aliphatic carbocycles. The number of hydrogen-bond donors (Lipinski definition) is 2. The molecule has 0 amide bonds. The van der Waals surface area contributed by atoms with Crippen molar-refractivity contribution in [2.24, 2.45) is 7.05 Å². The topological polar surface area (TPSA) is 50.1 Å². The number of rotatable bonds is 5. The highest BCUT2D eigenvalue weighted by molar-refractivity contribution is 6.30. The molecule has 2 aromatic rings. The highest BCUT2D eigenvalue weighted by Gasteiger charge is 2.16. The second-order valence-corrected chi connectivity index (χ2v) is 5.53. The molecular formula is C14H16Cl2FN3O. The molecular weight excluding hydrogens is 316 g/mol. The third kappa shape index (κ3) is 3.55. The van der Waals surface area contributed by atoms with Gasteiger partial charge in [-0.1, -0.05) is 29.3 Å². The summed E-state index contributed by atoms with van der Waals surface area (Å²) in [6.45, 7) is 2.12. The Bertz CT molecular complexity index is 645. The summed E-state index contributed by atoms with van der Waals surface area (Å²) in [5.41, 5.74) is 2.29. The van der Waals surface area contributed by atoms with E-state index in [9.17, 15) is 9.50 Å². The summed E-state index contributed by atoms with van der Waals surface area (Å²) in [7, 11) is 1.76. The van der Waals surface area contributed by atoms with Crippen LogP contribution in [-0.2, 0) is 13.6 Å². The molecule has 1 unspecified atom stereocenters. The zero-order chi connectivity index (χ0) is 15.6. The number of halogens is 3. The Balaban J connectivity index is 2.14. The summed E-state index contributed by atoms with van der Waals surface area (Å²) < 4.78 is 15.1. The minimum Gasteiger partial charge on any atom is -0.394 e. The maximum absolute atomic E-state index is 13.5. The Morgan fingerprint density at radius 2 is 2.14 bits per heavy atom. The lowest BCUT2D eigenvalue weighted by Gasteiger charge is -2.17. The van der Waals surface area contributed by atoms with Crippen LogP contribution in [0.2, 0.25) is 10.2 Å². The predicted octanol–water partition coefficient (Wildman–Crippen LogP) is 3.00. The number of nitrogens with zero attached hydrogens (tertiary/aromatic N) is 2. The van der Waals surface area contributed by atoms with Crippen LogP contribution in [0.3, 0.4) is 0 Å². The zero-order valence-electron chi connectivity index (χ0n) is 11.7. The van der Waals surface area contributed by atoms with E-state index in [0.29, 0.717) is 17.3 Å². The van der Waals surface area contributed by atoms with Crippen LogP contribution in [0, 0.1) is 12.7 Å². The number of aliphatic hydroxyl groups excluding tert-OH is 1. The second kappa shape index (κ2) is 6.75. The maximum atomic E-state index is 13.5. The van der Waals surface area contributed by atoms with E-state index in [0.717, 1.165) is 11.3 Å². The third-order valence-electron chi connectivity index (χ3n) is 3.32. The number of aryl methyl sites for hydroxylation is 2. The van der Waals surface area contributed by atoms with E-state index in [1.165, 1.54) is 12.1 Å². The van der Waals surface area contributed by atoms with Gasteiger partial charge in [0.25, 0.3) is 0 Å². The van der Waals surface area contributed by atoms with Crippen LogP contribution >= 0.6 is 23.2 Å². The van der Waals surface area contributed by atoms with Gasteiger partial charge >= 0.3 is 0 Å². The van der Waals surface area contributed by atoms with Gasteiger partial charge in [0.1, 0.15) is 11.0 Å². The fourth-order valence-corrected chi connectivity index (χ4v) is 2.48. The van der Waals surface area contributed by atoms with Gasteiger partial charge in [-0.25, -0.2) is 4.39 Å². The molecule has 1 atom stereocenters. The van der Waals surface area contributed by atoms with E-state index in [-0.39, 0.29) is 11.6 Å². The highest BCUT2D eigenvalue weighted by atomic mass is 35.5. The third-order valence-corrected chi connectivity index (χ3v) is 4.10. The molecule has 1 aromatic heterocycles. The van der Waals surface area contributed by atoms with Gasteiger partial charge in [-0.15, -0.1) is 0 Å². The van der Waals surface area contributed by atoms with E-state index in [4.69, 9.17) is 23.2 Å². The van der Waals surface area contributed by atoms with Crippen molar-refractivity contribution >= 4 is 23.2 Å². The molecule has 0 aliphatic rings. The molecule has 0 aliphatic heterocycles. The van der Waals surface area contributed by atoms with E-state index in [1.54, 1.807) is 17.8 Å². The van der Waals surface area contributed by atoms with E-state index in [2.05, 4.69) is 10.4 Å². The number of aliphatic hydroxyl groups is 1. The highest BCUT2D eigenvalue weighted by Crippen LogP contribution is 2.22. The van der Waals surface area contributed by atoms with Crippen molar-refractivity contribution in [1.29, 1.82) is 0 Å². The van der Waals surface area contributed by atoms with Crippen molar-refractivity contribution in [1.82, 2.24) is 15.1 Å². The van der Waals surface area contributed by atoms with Gasteiger partial charge in [0.05, 0.1) is 23.4 Å². The van der Waals surface area contributed by atoms with Crippen molar-refractivity contribution in [3.63, 3.8) is 0 Å². The zero-order valence-corrected chi connectivity index (χ0v) is 13.2. The van der Waals surface area contributed by atoms with Crippen molar-refractivity contribution < 1.29 is 9.50 Å². The monoisotopic (exact) mass is 331 g/mol. The molecule has 1 heterocycles. The molecule has 4 nitrogen and oxygen atoms in total. The standard InChI is InChI=1S/C14H16Cl2FN3O/c1-8-10(14(16)20(2)19-8)6-18-13(7-21)9-3-4-11(15)12(17)5-9/h3-5,13,18,21H,6-7H2,1-2H3. The summed E-state index contributed by atoms with van der Waals surface area (Å²) in [4.78, 5) is 0. The first-order valence-corrected chi connectivity index (χ1v) is 7.16. The molecule has 0 spiro atoms. The van der Waals surface area contributed by atoms with E-state index >= 15 is 0 Å². The van der Waals surface area contributed by atoms with Crippen molar-refractivity contribution in [3.05, 3.63) is 51.0 Å². The second-order valence-electron chi connectivity index (χ2n) is 4.77. The molecule has 0 bridgehead atoms. The smallest absolute Gasteiger partial charge is 0.142 e. The number of benzene rings is 1. The average molecular weight is 332 g/mol. The summed E-state index contributed by atoms with van der Waals surface area (Å²) in [5.74, 6) is -0.509. The fourth-order valence-electron chi connectivity index (χ4n) is 2.12. The van der Waals surface area contributed by atoms with Crippen molar-refractivity contribution in [3.8, 4) is 0 Å². The average Bonchev–Trinajstić information content (AvgIpc) is 2.69. The van der Waals surface area contributed by atoms with Crippen LogP contribution in [0.4, 0.5) is 4.39 Å². The SMILES string of the molecule is Cc1nn(C)c(Cl)c1CNC(CO)c1ccc(Cl)c(F)c1. The lowest BCUT2D eigenvalue weighted by Crippen LogP contribution is -2.24. The summed E-state index contributed by atoms with van der Waals surface area (Å²) >= 11 is 11.8. The van der Waals surface area contributed by atoms with Gasteiger partial charge in [0.15, 0.2) is 0 Å². The van der Waals surface area contributed by atoms with Gasteiger partial charge < -0.3 is 10.4 Å². The van der Waals surface area contributed by atoms with Crippen molar-refractivity contribution in [2.45, 2.75) is 19.5 Å². The van der Waals surface area contributed by atoms with Gasteiger partial charge in [0.2, 0.25) is 0 Å². The fraction of sp³-hybridized carbons (Fsp3) is 0.357. The molecule has 0 fully saturated rings. The first-order chi connectivity index (χ1) is 9.93. The Hall–Kier alpha value is -1.14. The van der Waals surface area contributed by atoms with Crippen LogP contribution in [0.1, 0.15) is 22.9 Å². The Morgan fingerprint density at radius 1 is 1.43 bits per heavy atom. The Kier molecular flexibility index (Phi) is 5.22. The maximum Gasteiger partial charge on any atom is 0.142 e. The van der Waals surface area contributed by atoms with Crippen LogP contribution in [0.25, 0.3) is 0 Å². The lowest BCUT2D eigenvalue weighted by molar-refractivity contribution is 0.243. The first-order valence-electron chi connectivity index (χ1n) is 6.41. The summed E-state index contributed by atoms with van der Waals surface area (Å²) in [6.07, 6.45) is 0. The molecule has 7 heteroatoms. The Labute approximate surface area is 132 Å². The number of hydrogen-bond acceptors (Lipinski definition) is 3. The van der Waals surface area contributed by atoms with Crippen LogP contribution in [0.15, 0.2) is 18.2 Å². The minimum absolute atomic E-state index is 0.0570. The molecule has 0 saturated carbocycles. The molecule has 0 saturated heterocycles. The van der Waals surface area contributed by atoms with Crippen LogP contribution in [0.5, 0.6) is 0 Å². The van der Waals surface area contributed by atoms with Crippen LogP contribution in [-0.4, -0.2) is 21.5 Å². The lowest BCUT2D eigenvalue weighted by atomic mass is 10.1. The Morgan fingerprint density at radius 3 is 2.67 bits per heavy atom. The van der Waals surface area contributed by atoms with E-state index < -0.39 is 11.9 Å². The molecule has 114 valence electrons. The van der Waals surface area contributed by atoms with E-state index in [1.807, 2.05) is 6.92 Å². The summed E-state index contributed by atoms with van der Waals surface area (Å²) in [6, 6.07) is 4.05. The van der Waals surface area contributed by atoms with Gasteiger partial charge in [-0.2, -0.15) is 5.10 Å². The number of nitrogens with one attached hydrogen (secondary N) is 1. The molecule has 1 aromatic carbocycles. The normalized spacial score (nSPS) is 12.7. The number of aromatic nitrogens is 2. The van der Waals surface area contributed by atoms with Crippen molar-refractivity contribution in [2.75, 3.05) is 6.61 Å².